The Balaban J connectivity index is 1.71. The average molecular weight is 425 g/mol. The first-order valence-electron chi connectivity index (χ1n) is 11.5. The quantitative estimate of drug-likeness (QED) is 0.108. The zero-order chi connectivity index (χ0) is 22.2. The second-order valence-electron chi connectivity index (χ2n) is 7.80. The van der Waals surface area contributed by atoms with E-state index in [1.165, 1.54) is 57.8 Å². The van der Waals surface area contributed by atoms with E-state index in [0.717, 1.165) is 25.1 Å². The van der Waals surface area contributed by atoms with Crippen molar-refractivity contribution in [2.45, 2.75) is 71.1 Å². The number of rotatable bonds is 15. The van der Waals surface area contributed by atoms with E-state index in [9.17, 15) is 10.0 Å². The van der Waals surface area contributed by atoms with E-state index in [0.29, 0.717) is 16.8 Å². The van der Waals surface area contributed by atoms with E-state index in [-0.39, 0.29) is 5.84 Å². The summed E-state index contributed by atoms with van der Waals surface area (Å²) in [7, 11) is 0. The predicted molar refractivity (Wildman–Crippen MR) is 127 cm³/mol. The van der Waals surface area contributed by atoms with Gasteiger partial charge in [-0.2, -0.15) is 0 Å². The monoisotopic (exact) mass is 424 g/mol. The van der Waals surface area contributed by atoms with Gasteiger partial charge in [-0.15, -0.1) is 0 Å². The van der Waals surface area contributed by atoms with Crippen molar-refractivity contribution in [2.24, 2.45) is 4.99 Å². The Kier molecular flexibility index (Phi) is 12.1. The van der Waals surface area contributed by atoms with Crippen molar-refractivity contribution in [2.75, 3.05) is 6.61 Å². The van der Waals surface area contributed by atoms with Crippen LogP contribution in [0.2, 0.25) is 0 Å². The summed E-state index contributed by atoms with van der Waals surface area (Å²) in [6.45, 7) is 2.97. The Morgan fingerprint density at radius 1 is 0.903 bits per heavy atom. The first kappa shape index (κ1) is 24.6. The number of nitrogens with zero attached hydrogens (tertiary/aromatic N) is 1. The number of unbranched alkanes of at least 4 members (excludes halogenated alkanes) is 9. The van der Waals surface area contributed by atoms with Crippen LogP contribution >= 0.6 is 0 Å². The number of aliphatic imine (C=N–C) groups is 1. The fraction of sp³-hybridized carbons (Fsp3) is 0.462. The molecule has 0 aromatic heterocycles. The van der Waals surface area contributed by atoms with Crippen LogP contribution < -0.4 is 10.2 Å². The van der Waals surface area contributed by atoms with Crippen LogP contribution in [0.1, 0.15) is 87.1 Å². The Morgan fingerprint density at radius 2 is 1.52 bits per heavy atom. The average Bonchev–Trinajstić information content (AvgIpc) is 2.82. The molecule has 168 valence electrons. The molecule has 0 amide bonds. The van der Waals surface area contributed by atoms with Crippen molar-refractivity contribution < 1.29 is 14.7 Å². The maximum atomic E-state index is 11.2. The molecule has 2 aromatic rings. The van der Waals surface area contributed by atoms with Gasteiger partial charge in [-0.3, -0.25) is 15.5 Å². The summed E-state index contributed by atoms with van der Waals surface area (Å²) in [5.74, 6) is 1.03. The van der Waals surface area contributed by atoms with Crippen LogP contribution in [0.4, 0.5) is 5.69 Å². The molecule has 0 aliphatic rings. The highest BCUT2D eigenvalue weighted by Gasteiger charge is 2.08. The minimum atomic E-state index is 0.224. The molecule has 2 rings (SSSR count). The highest BCUT2D eigenvalue weighted by molar-refractivity contribution is 6.05. The molecule has 0 saturated heterocycles. The van der Waals surface area contributed by atoms with E-state index in [1.54, 1.807) is 24.3 Å². The molecule has 0 spiro atoms. The van der Waals surface area contributed by atoms with Gasteiger partial charge in [0.15, 0.2) is 12.1 Å². The van der Waals surface area contributed by atoms with Crippen molar-refractivity contribution in [3.05, 3.63) is 59.7 Å². The molecule has 0 atom stereocenters. The predicted octanol–water partition coefficient (Wildman–Crippen LogP) is 6.86. The second-order valence-corrected chi connectivity index (χ2v) is 7.80. The molecule has 0 unspecified atom stereocenters. The number of hydrogen-bond acceptors (Lipinski definition) is 4. The smallest absolute Gasteiger partial charge is 0.158 e. The van der Waals surface area contributed by atoms with Crippen molar-refractivity contribution in [3.8, 4) is 5.75 Å². The van der Waals surface area contributed by atoms with E-state index < -0.39 is 0 Å². The molecule has 0 heterocycles. The Bertz CT molecular complexity index is 787. The molecule has 0 bridgehead atoms. The number of hydroxylamine groups is 1. The van der Waals surface area contributed by atoms with Crippen LogP contribution in [-0.4, -0.2) is 23.9 Å². The number of aldehydes is 1. The summed E-state index contributed by atoms with van der Waals surface area (Å²) in [4.78, 5) is 15.6. The number of ether oxygens (including phenoxy) is 1. The third-order valence-electron chi connectivity index (χ3n) is 5.29. The molecule has 0 radical (unpaired) electrons. The fourth-order valence-corrected chi connectivity index (χ4v) is 3.49. The summed E-state index contributed by atoms with van der Waals surface area (Å²) in [6.07, 6.45) is 13.8. The summed E-state index contributed by atoms with van der Waals surface area (Å²) in [5.41, 5.74) is 3.75. The summed E-state index contributed by atoms with van der Waals surface area (Å²) < 4.78 is 5.83. The van der Waals surface area contributed by atoms with Gasteiger partial charge in [0.05, 0.1) is 12.3 Å². The number of amidine groups is 1. The van der Waals surface area contributed by atoms with Crippen LogP contribution in [0.5, 0.6) is 5.75 Å². The summed E-state index contributed by atoms with van der Waals surface area (Å²) in [5, 5.41) is 9.46. The summed E-state index contributed by atoms with van der Waals surface area (Å²) in [6, 6.07) is 14.4. The SMILES string of the molecule is CCCCCCCCCCCCOc1ccc(N=C(NO)c2ccccc2C=O)cc1. The second kappa shape index (κ2) is 15.2. The van der Waals surface area contributed by atoms with Crippen molar-refractivity contribution >= 4 is 17.8 Å². The Hall–Kier alpha value is -2.66. The molecule has 31 heavy (non-hydrogen) atoms. The minimum Gasteiger partial charge on any atom is -0.494 e. The van der Waals surface area contributed by atoms with Crippen LogP contribution in [0.25, 0.3) is 0 Å². The molecule has 2 N–H and O–H groups in total. The van der Waals surface area contributed by atoms with Crippen molar-refractivity contribution in [1.82, 2.24) is 5.48 Å². The lowest BCUT2D eigenvalue weighted by Gasteiger charge is -2.09. The van der Waals surface area contributed by atoms with Crippen LogP contribution in [0.3, 0.4) is 0 Å². The molecule has 5 heteroatoms. The van der Waals surface area contributed by atoms with E-state index >= 15 is 0 Å². The van der Waals surface area contributed by atoms with Gasteiger partial charge in [0.2, 0.25) is 0 Å². The number of carbonyl (C=O) groups is 1. The van der Waals surface area contributed by atoms with Gasteiger partial charge in [-0.1, -0.05) is 89.0 Å². The van der Waals surface area contributed by atoms with Crippen LogP contribution in [0, 0.1) is 0 Å². The molecule has 5 nitrogen and oxygen atoms in total. The zero-order valence-electron chi connectivity index (χ0n) is 18.7. The fourth-order valence-electron chi connectivity index (χ4n) is 3.49. The minimum absolute atomic E-state index is 0.224. The van der Waals surface area contributed by atoms with Crippen LogP contribution in [0.15, 0.2) is 53.5 Å². The van der Waals surface area contributed by atoms with Gasteiger partial charge < -0.3 is 4.74 Å². The number of benzene rings is 2. The third kappa shape index (κ3) is 9.35. The zero-order valence-corrected chi connectivity index (χ0v) is 18.7. The van der Waals surface area contributed by atoms with Crippen molar-refractivity contribution in [3.63, 3.8) is 0 Å². The normalized spacial score (nSPS) is 11.4. The Labute approximate surface area is 186 Å². The highest BCUT2D eigenvalue weighted by atomic mass is 16.5. The standard InChI is InChI=1S/C26H36N2O3/c1-2-3-4-5-6-7-8-9-10-13-20-31-24-18-16-23(17-19-24)27-26(28-30)25-15-12-11-14-22(25)21-29/h11-12,14-19,21,30H,2-10,13,20H2,1H3,(H,27,28). The lowest BCUT2D eigenvalue weighted by Crippen LogP contribution is -2.21. The molecule has 0 saturated carbocycles. The molecule has 0 aliphatic carbocycles. The molecular formula is C26H36N2O3. The lowest BCUT2D eigenvalue weighted by molar-refractivity contribution is 0.112. The van der Waals surface area contributed by atoms with Gasteiger partial charge in [0, 0.05) is 11.1 Å². The van der Waals surface area contributed by atoms with Gasteiger partial charge in [-0.25, -0.2) is 4.99 Å². The van der Waals surface area contributed by atoms with Gasteiger partial charge in [0.1, 0.15) is 5.75 Å². The van der Waals surface area contributed by atoms with Gasteiger partial charge in [0.25, 0.3) is 0 Å². The lowest BCUT2D eigenvalue weighted by atomic mass is 10.1. The number of nitrogens with one attached hydrogen (secondary N) is 1. The Morgan fingerprint density at radius 3 is 2.13 bits per heavy atom. The molecule has 2 aromatic carbocycles. The van der Waals surface area contributed by atoms with E-state index in [2.05, 4.69) is 17.4 Å². The molecule has 0 aliphatic heterocycles. The maximum absolute atomic E-state index is 11.2. The number of hydrogen-bond donors (Lipinski definition) is 2. The summed E-state index contributed by atoms with van der Waals surface area (Å²) >= 11 is 0. The first-order chi connectivity index (χ1) is 15.3. The number of carbonyl (C=O) groups excluding carboxylic acids is 1. The topological polar surface area (TPSA) is 70.9 Å². The first-order valence-corrected chi connectivity index (χ1v) is 11.5. The van der Waals surface area contributed by atoms with Crippen molar-refractivity contribution in [1.29, 1.82) is 0 Å². The van der Waals surface area contributed by atoms with Crippen LogP contribution in [-0.2, 0) is 0 Å². The van der Waals surface area contributed by atoms with Gasteiger partial charge >= 0.3 is 0 Å². The molecular weight excluding hydrogens is 388 g/mol. The van der Waals surface area contributed by atoms with Gasteiger partial charge in [-0.05, 0) is 30.7 Å². The largest absolute Gasteiger partial charge is 0.494 e. The maximum Gasteiger partial charge on any atom is 0.158 e. The van der Waals surface area contributed by atoms with E-state index in [4.69, 9.17) is 4.74 Å². The third-order valence-corrected chi connectivity index (χ3v) is 5.29. The molecule has 0 fully saturated rings. The highest BCUT2D eigenvalue weighted by Crippen LogP contribution is 2.20. The van der Waals surface area contributed by atoms with E-state index in [1.807, 2.05) is 24.3 Å².